The Hall–Kier alpha value is -3.48. The standard InChI is InChI=1S/C26H31N3O4/c1-32-24-16-21-22(17-25(24)33-2)27-12-8-23(21)28-13-9-19(10-14-28)11-15-29(26(30)31)18-20-6-4-3-5-7-20/h3-8,12,16-17,19H,9-11,13-15,18H2,1-2H3,(H,30,31). The van der Waals surface area contributed by atoms with Crippen LogP contribution in [-0.2, 0) is 6.54 Å². The number of hydrogen-bond acceptors (Lipinski definition) is 5. The van der Waals surface area contributed by atoms with Crippen LogP contribution in [0.5, 0.6) is 11.5 Å². The fraction of sp³-hybridized carbons (Fsp3) is 0.385. The predicted octanol–water partition coefficient (Wildman–Crippen LogP) is 5.04. The van der Waals surface area contributed by atoms with Gasteiger partial charge in [0.25, 0.3) is 0 Å². The highest BCUT2D eigenvalue weighted by Crippen LogP contribution is 2.37. The van der Waals surface area contributed by atoms with E-state index in [0.29, 0.717) is 30.5 Å². The molecule has 0 atom stereocenters. The molecule has 1 saturated heterocycles. The average molecular weight is 450 g/mol. The maximum atomic E-state index is 11.7. The second kappa shape index (κ2) is 10.4. The second-order valence-corrected chi connectivity index (χ2v) is 8.46. The number of amides is 1. The highest BCUT2D eigenvalue weighted by Gasteiger charge is 2.23. The van der Waals surface area contributed by atoms with E-state index in [1.54, 1.807) is 14.2 Å². The lowest BCUT2D eigenvalue weighted by Crippen LogP contribution is -2.36. The van der Waals surface area contributed by atoms with Crippen LogP contribution in [0.1, 0.15) is 24.8 Å². The van der Waals surface area contributed by atoms with Crippen molar-refractivity contribution >= 4 is 22.7 Å². The number of hydrogen-bond donors (Lipinski definition) is 1. The van der Waals surface area contributed by atoms with Crippen LogP contribution in [0.3, 0.4) is 0 Å². The smallest absolute Gasteiger partial charge is 0.407 e. The van der Waals surface area contributed by atoms with E-state index >= 15 is 0 Å². The zero-order chi connectivity index (χ0) is 23.2. The average Bonchev–Trinajstić information content (AvgIpc) is 2.86. The van der Waals surface area contributed by atoms with Crippen LogP contribution in [0.4, 0.5) is 10.5 Å². The first kappa shape index (κ1) is 22.7. The van der Waals surface area contributed by atoms with Gasteiger partial charge < -0.3 is 24.4 Å². The van der Waals surface area contributed by atoms with Crippen LogP contribution < -0.4 is 14.4 Å². The quantitative estimate of drug-likeness (QED) is 0.519. The Labute approximate surface area is 194 Å². The maximum Gasteiger partial charge on any atom is 0.407 e. The van der Waals surface area contributed by atoms with Crippen molar-refractivity contribution in [3.8, 4) is 11.5 Å². The van der Waals surface area contributed by atoms with Crippen LogP contribution in [-0.4, -0.2) is 54.9 Å². The molecule has 1 fully saturated rings. The van der Waals surface area contributed by atoms with Gasteiger partial charge >= 0.3 is 6.09 Å². The summed E-state index contributed by atoms with van der Waals surface area (Å²) in [6.07, 6.45) is 3.94. The van der Waals surface area contributed by atoms with E-state index < -0.39 is 6.09 Å². The van der Waals surface area contributed by atoms with Gasteiger partial charge in [0.15, 0.2) is 11.5 Å². The summed E-state index contributed by atoms with van der Waals surface area (Å²) in [5.74, 6) is 1.88. The Bertz CT molecular complexity index is 1080. The van der Waals surface area contributed by atoms with Gasteiger partial charge in [0.1, 0.15) is 0 Å². The number of rotatable bonds is 8. The third-order valence-electron chi connectivity index (χ3n) is 6.47. The van der Waals surface area contributed by atoms with Crippen LogP contribution in [0.15, 0.2) is 54.7 Å². The molecule has 3 aromatic rings. The summed E-state index contributed by atoms with van der Waals surface area (Å²) >= 11 is 0. The number of methoxy groups -OCH3 is 2. The molecule has 1 aromatic heterocycles. The normalized spacial score (nSPS) is 14.3. The number of piperidine rings is 1. The van der Waals surface area contributed by atoms with Crippen LogP contribution in [0, 0.1) is 5.92 Å². The molecule has 0 bridgehead atoms. The largest absolute Gasteiger partial charge is 0.493 e. The van der Waals surface area contributed by atoms with E-state index in [1.165, 1.54) is 4.90 Å². The van der Waals surface area contributed by atoms with Crippen molar-refractivity contribution in [3.63, 3.8) is 0 Å². The molecule has 0 saturated carbocycles. The zero-order valence-electron chi connectivity index (χ0n) is 19.2. The molecule has 174 valence electrons. The van der Waals surface area contributed by atoms with Crippen molar-refractivity contribution < 1.29 is 19.4 Å². The van der Waals surface area contributed by atoms with Gasteiger partial charge in [0.2, 0.25) is 0 Å². The zero-order valence-corrected chi connectivity index (χ0v) is 19.2. The minimum Gasteiger partial charge on any atom is -0.493 e. The molecule has 0 unspecified atom stereocenters. The van der Waals surface area contributed by atoms with Gasteiger partial charge in [0, 0.05) is 49.5 Å². The van der Waals surface area contributed by atoms with Gasteiger partial charge in [-0.2, -0.15) is 0 Å². The molecular formula is C26H31N3O4. The topological polar surface area (TPSA) is 75.1 Å². The van der Waals surface area contributed by atoms with Crippen molar-refractivity contribution in [1.29, 1.82) is 0 Å². The second-order valence-electron chi connectivity index (χ2n) is 8.46. The molecule has 1 aliphatic rings. The molecular weight excluding hydrogens is 418 g/mol. The number of aromatic nitrogens is 1. The lowest BCUT2D eigenvalue weighted by Gasteiger charge is -2.35. The number of carbonyl (C=O) groups is 1. The Kier molecular flexibility index (Phi) is 7.17. The van der Waals surface area contributed by atoms with Gasteiger partial charge in [-0.15, -0.1) is 0 Å². The monoisotopic (exact) mass is 449 g/mol. The number of carboxylic acid groups (broad SMARTS) is 1. The van der Waals surface area contributed by atoms with Crippen molar-refractivity contribution in [2.45, 2.75) is 25.8 Å². The Balaban J connectivity index is 1.38. The van der Waals surface area contributed by atoms with E-state index in [1.807, 2.05) is 48.7 Å². The Morgan fingerprint density at radius 1 is 1.09 bits per heavy atom. The minimum atomic E-state index is -0.857. The third kappa shape index (κ3) is 5.30. The molecule has 1 amide bonds. The summed E-state index contributed by atoms with van der Waals surface area (Å²) in [6.45, 7) is 2.86. The van der Waals surface area contributed by atoms with Crippen molar-refractivity contribution in [2.24, 2.45) is 5.92 Å². The highest BCUT2D eigenvalue weighted by molar-refractivity contribution is 5.94. The van der Waals surface area contributed by atoms with Gasteiger partial charge in [0.05, 0.1) is 19.7 Å². The number of benzene rings is 2. The maximum absolute atomic E-state index is 11.7. The molecule has 0 radical (unpaired) electrons. The Morgan fingerprint density at radius 2 is 1.79 bits per heavy atom. The van der Waals surface area contributed by atoms with E-state index in [-0.39, 0.29) is 0 Å². The molecule has 7 heteroatoms. The number of pyridine rings is 1. The molecule has 1 aliphatic heterocycles. The number of nitrogens with zero attached hydrogens (tertiary/aromatic N) is 3. The molecule has 2 heterocycles. The summed E-state index contributed by atoms with van der Waals surface area (Å²) in [5.41, 5.74) is 3.05. The Morgan fingerprint density at radius 3 is 2.45 bits per heavy atom. The first-order valence-electron chi connectivity index (χ1n) is 11.4. The number of anilines is 1. The molecule has 7 nitrogen and oxygen atoms in total. The number of fused-ring (bicyclic) bond motifs is 1. The fourth-order valence-electron chi connectivity index (χ4n) is 4.58. The third-order valence-corrected chi connectivity index (χ3v) is 6.47. The van der Waals surface area contributed by atoms with Crippen LogP contribution in [0.2, 0.25) is 0 Å². The van der Waals surface area contributed by atoms with Gasteiger partial charge in [-0.1, -0.05) is 30.3 Å². The van der Waals surface area contributed by atoms with Gasteiger partial charge in [-0.3, -0.25) is 4.98 Å². The van der Waals surface area contributed by atoms with Crippen molar-refractivity contribution in [2.75, 3.05) is 38.8 Å². The van der Waals surface area contributed by atoms with E-state index in [0.717, 1.165) is 54.5 Å². The van der Waals surface area contributed by atoms with Crippen molar-refractivity contribution in [1.82, 2.24) is 9.88 Å². The van der Waals surface area contributed by atoms with E-state index in [2.05, 4.69) is 16.0 Å². The summed E-state index contributed by atoms with van der Waals surface area (Å²) in [7, 11) is 3.27. The molecule has 4 rings (SSSR count). The van der Waals surface area contributed by atoms with Gasteiger partial charge in [-0.25, -0.2) is 4.79 Å². The molecule has 0 aliphatic carbocycles. The molecule has 2 aromatic carbocycles. The van der Waals surface area contributed by atoms with Crippen LogP contribution >= 0.6 is 0 Å². The predicted molar refractivity (Wildman–Crippen MR) is 129 cm³/mol. The number of ether oxygens (including phenoxy) is 2. The first-order valence-corrected chi connectivity index (χ1v) is 11.4. The molecule has 33 heavy (non-hydrogen) atoms. The lowest BCUT2D eigenvalue weighted by atomic mass is 9.92. The van der Waals surface area contributed by atoms with Gasteiger partial charge in [-0.05, 0) is 42.9 Å². The van der Waals surface area contributed by atoms with Crippen LogP contribution in [0.25, 0.3) is 10.9 Å². The fourth-order valence-corrected chi connectivity index (χ4v) is 4.58. The first-order chi connectivity index (χ1) is 16.1. The summed E-state index contributed by atoms with van der Waals surface area (Å²) in [5, 5.41) is 10.7. The summed E-state index contributed by atoms with van der Waals surface area (Å²) < 4.78 is 10.9. The lowest BCUT2D eigenvalue weighted by molar-refractivity contribution is 0.137. The minimum absolute atomic E-state index is 0.434. The van der Waals surface area contributed by atoms with Crippen molar-refractivity contribution in [3.05, 3.63) is 60.3 Å². The van der Waals surface area contributed by atoms with E-state index in [9.17, 15) is 9.90 Å². The van der Waals surface area contributed by atoms with E-state index in [4.69, 9.17) is 9.47 Å². The summed E-state index contributed by atoms with van der Waals surface area (Å²) in [4.78, 5) is 20.2. The SMILES string of the molecule is COc1cc2nccc(N3CCC(CCN(Cc4ccccc4)C(=O)O)CC3)c2cc1OC. The molecule has 0 spiro atoms. The molecule has 1 N–H and O–H groups in total. The highest BCUT2D eigenvalue weighted by atomic mass is 16.5. The summed E-state index contributed by atoms with van der Waals surface area (Å²) in [6, 6.07) is 15.7.